The van der Waals surface area contributed by atoms with Crippen molar-refractivity contribution in [1.29, 1.82) is 0 Å². The zero-order valence-electron chi connectivity index (χ0n) is 12.2. The van der Waals surface area contributed by atoms with E-state index < -0.39 is 11.6 Å². The Labute approximate surface area is 122 Å². The molecule has 0 aromatic heterocycles. The summed E-state index contributed by atoms with van der Waals surface area (Å²) in [5, 5.41) is 0. The summed E-state index contributed by atoms with van der Waals surface area (Å²) in [5.41, 5.74) is 2.71. The number of ether oxygens (including phenoxy) is 1. The second-order valence-corrected chi connectivity index (χ2v) is 5.01. The molecule has 2 nitrogen and oxygen atoms in total. The van der Waals surface area contributed by atoms with Crippen molar-refractivity contribution < 1.29 is 18.3 Å². The highest BCUT2D eigenvalue weighted by Crippen LogP contribution is 2.26. The molecule has 0 radical (unpaired) electrons. The molecule has 2 rings (SSSR count). The molecule has 2 aromatic carbocycles. The quantitative estimate of drug-likeness (QED) is 0.795. The van der Waals surface area contributed by atoms with Crippen LogP contribution in [0.25, 0.3) is 0 Å². The van der Waals surface area contributed by atoms with Gasteiger partial charge in [-0.3, -0.25) is 4.79 Å². The fraction of sp³-hybridized carbons (Fsp3) is 0.235. The molecule has 0 spiro atoms. The lowest BCUT2D eigenvalue weighted by Gasteiger charge is -2.12. The molecular formula is C17H16F2O2. The normalized spacial score (nSPS) is 10.5. The van der Waals surface area contributed by atoms with Gasteiger partial charge in [0, 0.05) is 6.42 Å². The van der Waals surface area contributed by atoms with Gasteiger partial charge in [0.05, 0.1) is 12.7 Å². The van der Waals surface area contributed by atoms with E-state index in [9.17, 15) is 13.6 Å². The van der Waals surface area contributed by atoms with Gasteiger partial charge >= 0.3 is 0 Å². The Bertz CT molecular complexity index is 693. The van der Waals surface area contributed by atoms with E-state index in [1.165, 1.54) is 13.2 Å². The maximum atomic E-state index is 13.2. The third kappa shape index (κ3) is 3.27. The van der Waals surface area contributed by atoms with Gasteiger partial charge in [-0.15, -0.1) is 0 Å². The number of ketones is 1. The number of hydrogen-bond acceptors (Lipinski definition) is 2. The van der Waals surface area contributed by atoms with Crippen molar-refractivity contribution in [3.05, 3.63) is 64.2 Å². The minimum absolute atomic E-state index is 0.00252. The number of hydrogen-bond donors (Lipinski definition) is 0. The van der Waals surface area contributed by atoms with Crippen molar-refractivity contribution >= 4 is 5.78 Å². The van der Waals surface area contributed by atoms with Crippen LogP contribution in [0, 0.1) is 25.5 Å². The van der Waals surface area contributed by atoms with E-state index in [1.54, 1.807) is 6.07 Å². The molecule has 21 heavy (non-hydrogen) atoms. The molecule has 0 aliphatic carbocycles. The van der Waals surface area contributed by atoms with E-state index in [2.05, 4.69) is 0 Å². The van der Waals surface area contributed by atoms with Crippen LogP contribution in [0.1, 0.15) is 27.0 Å². The molecule has 0 bridgehead atoms. The van der Waals surface area contributed by atoms with Crippen LogP contribution < -0.4 is 4.74 Å². The Balaban J connectivity index is 2.34. The molecule has 0 amide bonds. The number of benzene rings is 2. The summed E-state index contributed by atoms with van der Waals surface area (Å²) in [5.74, 6) is -1.56. The monoisotopic (exact) mass is 290 g/mol. The lowest BCUT2D eigenvalue weighted by atomic mass is 9.96. The second kappa shape index (κ2) is 6.04. The number of carbonyl (C=O) groups excluding carboxylic acids is 1. The molecular weight excluding hydrogens is 274 g/mol. The highest BCUT2D eigenvalue weighted by Gasteiger charge is 2.17. The Morgan fingerprint density at radius 2 is 1.81 bits per heavy atom. The Hall–Kier alpha value is -2.23. The number of aryl methyl sites for hydroxylation is 2. The lowest BCUT2D eigenvalue weighted by molar-refractivity contribution is 0.0989. The predicted molar refractivity (Wildman–Crippen MR) is 76.9 cm³/mol. The van der Waals surface area contributed by atoms with Gasteiger partial charge in [0.2, 0.25) is 0 Å². The van der Waals surface area contributed by atoms with Crippen LogP contribution in [0.2, 0.25) is 0 Å². The fourth-order valence-corrected chi connectivity index (χ4v) is 2.37. The van der Waals surface area contributed by atoms with E-state index in [4.69, 9.17) is 4.74 Å². The molecule has 110 valence electrons. The lowest BCUT2D eigenvalue weighted by Crippen LogP contribution is -2.09. The Morgan fingerprint density at radius 3 is 2.43 bits per heavy atom. The zero-order chi connectivity index (χ0) is 15.6. The van der Waals surface area contributed by atoms with Crippen LogP contribution in [0.4, 0.5) is 8.78 Å². The zero-order valence-corrected chi connectivity index (χ0v) is 12.2. The minimum Gasteiger partial charge on any atom is -0.496 e. The molecule has 0 atom stereocenters. The molecule has 0 unspecified atom stereocenters. The molecule has 0 N–H and O–H groups in total. The van der Waals surface area contributed by atoms with Gasteiger partial charge in [-0.1, -0.05) is 12.1 Å². The van der Waals surface area contributed by atoms with Gasteiger partial charge in [-0.05, 0) is 48.7 Å². The van der Waals surface area contributed by atoms with Gasteiger partial charge in [0.15, 0.2) is 17.4 Å². The van der Waals surface area contributed by atoms with Crippen molar-refractivity contribution in [2.45, 2.75) is 20.3 Å². The Kier molecular flexibility index (Phi) is 4.36. The largest absolute Gasteiger partial charge is 0.496 e. The number of methoxy groups -OCH3 is 1. The predicted octanol–water partition coefficient (Wildman–Crippen LogP) is 4.02. The fourth-order valence-electron chi connectivity index (χ4n) is 2.37. The van der Waals surface area contributed by atoms with Crippen molar-refractivity contribution in [1.82, 2.24) is 0 Å². The Morgan fingerprint density at radius 1 is 1.10 bits per heavy atom. The van der Waals surface area contributed by atoms with Gasteiger partial charge in [-0.25, -0.2) is 8.78 Å². The molecule has 2 aromatic rings. The first-order chi connectivity index (χ1) is 9.92. The van der Waals surface area contributed by atoms with Crippen LogP contribution in [0.3, 0.4) is 0 Å². The van der Waals surface area contributed by atoms with Gasteiger partial charge in [0.25, 0.3) is 0 Å². The summed E-state index contributed by atoms with van der Waals surface area (Å²) < 4.78 is 31.4. The molecule has 0 aliphatic heterocycles. The first-order valence-electron chi connectivity index (χ1n) is 6.54. The molecule has 0 saturated heterocycles. The summed E-state index contributed by atoms with van der Waals surface area (Å²) in [4.78, 5) is 12.4. The van der Waals surface area contributed by atoms with E-state index in [0.29, 0.717) is 16.9 Å². The molecule has 0 saturated carbocycles. The van der Waals surface area contributed by atoms with E-state index in [1.807, 2.05) is 19.9 Å². The number of carbonyl (C=O) groups is 1. The SMILES string of the molecule is COc1cc(C)cc(C)c1C(=O)Cc1ccc(F)c(F)c1. The van der Waals surface area contributed by atoms with Crippen LogP contribution >= 0.6 is 0 Å². The summed E-state index contributed by atoms with van der Waals surface area (Å²) in [6, 6.07) is 7.15. The smallest absolute Gasteiger partial charge is 0.171 e. The highest BCUT2D eigenvalue weighted by molar-refractivity contribution is 6.01. The molecule has 0 fully saturated rings. The van der Waals surface area contributed by atoms with Crippen molar-refractivity contribution in [3.8, 4) is 5.75 Å². The maximum absolute atomic E-state index is 13.2. The van der Waals surface area contributed by atoms with Gasteiger partial charge < -0.3 is 4.74 Å². The number of Topliss-reactive ketones (excluding diaryl/α,β-unsaturated/α-hetero) is 1. The average Bonchev–Trinajstić information content (AvgIpc) is 2.41. The van der Waals surface area contributed by atoms with E-state index in [0.717, 1.165) is 23.3 Å². The summed E-state index contributed by atoms with van der Waals surface area (Å²) in [6.45, 7) is 3.74. The van der Waals surface area contributed by atoms with E-state index in [-0.39, 0.29) is 12.2 Å². The summed E-state index contributed by atoms with van der Waals surface area (Å²) in [6.07, 6.45) is -0.00252. The minimum atomic E-state index is -0.951. The van der Waals surface area contributed by atoms with Crippen LogP contribution in [-0.4, -0.2) is 12.9 Å². The van der Waals surface area contributed by atoms with Crippen LogP contribution in [0.15, 0.2) is 30.3 Å². The van der Waals surface area contributed by atoms with Crippen molar-refractivity contribution in [3.63, 3.8) is 0 Å². The maximum Gasteiger partial charge on any atom is 0.171 e. The summed E-state index contributed by atoms with van der Waals surface area (Å²) in [7, 11) is 1.50. The first-order valence-corrected chi connectivity index (χ1v) is 6.54. The summed E-state index contributed by atoms with van der Waals surface area (Å²) >= 11 is 0. The third-order valence-corrected chi connectivity index (χ3v) is 3.29. The topological polar surface area (TPSA) is 26.3 Å². The van der Waals surface area contributed by atoms with Crippen LogP contribution in [-0.2, 0) is 6.42 Å². The number of halogens is 2. The van der Waals surface area contributed by atoms with Gasteiger partial charge in [-0.2, -0.15) is 0 Å². The molecule has 0 heterocycles. The van der Waals surface area contributed by atoms with Crippen molar-refractivity contribution in [2.75, 3.05) is 7.11 Å². The first kappa shape index (κ1) is 15.2. The van der Waals surface area contributed by atoms with Gasteiger partial charge in [0.1, 0.15) is 5.75 Å². The van der Waals surface area contributed by atoms with Crippen LogP contribution in [0.5, 0.6) is 5.75 Å². The number of rotatable bonds is 4. The van der Waals surface area contributed by atoms with Crippen molar-refractivity contribution in [2.24, 2.45) is 0 Å². The third-order valence-electron chi connectivity index (χ3n) is 3.29. The average molecular weight is 290 g/mol. The molecule has 0 aliphatic rings. The highest BCUT2D eigenvalue weighted by atomic mass is 19.2. The second-order valence-electron chi connectivity index (χ2n) is 5.01. The standard InChI is InChI=1S/C17H16F2O2/c1-10-6-11(2)17(16(7-10)21-3)15(20)9-12-4-5-13(18)14(19)8-12/h4-8H,9H2,1-3H3. The van der Waals surface area contributed by atoms with E-state index >= 15 is 0 Å². The molecule has 4 heteroatoms.